The highest BCUT2D eigenvalue weighted by atomic mass is 35.5. The first-order valence-corrected chi connectivity index (χ1v) is 6.65. The minimum Gasteiger partial charge on any atom is -0.480 e. The van der Waals surface area contributed by atoms with Gasteiger partial charge in [0.1, 0.15) is 0 Å². The van der Waals surface area contributed by atoms with E-state index in [0.29, 0.717) is 16.5 Å². The summed E-state index contributed by atoms with van der Waals surface area (Å²) in [5, 5.41) is 7.41. The quantitative estimate of drug-likeness (QED) is 0.921. The molecule has 0 aliphatic carbocycles. The third-order valence-electron chi connectivity index (χ3n) is 2.59. The van der Waals surface area contributed by atoms with Crippen LogP contribution in [0.15, 0.2) is 36.7 Å². The second-order valence-electron chi connectivity index (χ2n) is 4.60. The van der Waals surface area contributed by atoms with Gasteiger partial charge in [0, 0.05) is 16.8 Å². The Balaban J connectivity index is 1.85. The van der Waals surface area contributed by atoms with Gasteiger partial charge in [0.15, 0.2) is 12.4 Å². The van der Waals surface area contributed by atoms with Crippen molar-refractivity contribution in [3.63, 3.8) is 0 Å². The van der Waals surface area contributed by atoms with E-state index in [9.17, 15) is 4.79 Å². The molecule has 0 saturated heterocycles. The van der Waals surface area contributed by atoms with E-state index < -0.39 is 0 Å². The van der Waals surface area contributed by atoms with Crippen LogP contribution in [-0.2, 0) is 4.79 Å². The average Bonchev–Trinajstić information content (AvgIpc) is 2.85. The van der Waals surface area contributed by atoms with Crippen molar-refractivity contribution in [2.45, 2.75) is 19.9 Å². The first-order chi connectivity index (χ1) is 9.54. The van der Waals surface area contributed by atoms with Crippen LogP contribution in [0.2, 0.25) is 5.02 Å². The number of nitrogens with zero attached hydrogens (tertiary/aromatic N) is 2. The summed E-state index contributed by atoms with van der Waals surface area (Å²) in [6.07, 6.45) is 3.35. The van der Waals surface area contributed by atoms with Crippen LogP contribution in [0.1, 0.15) is 19.9 Å². The maximum Gasteiger partial charge on any atom is 0.262 e. The minimum absolute atomic E-state index is 0.0731. The molecule has 0 saturated carbocycles. The molecular formula is C14H16ClN3O2. The number of aromatic nitrogens is 2. The van der Waals surface area contributed by atoms with E-state index in [0.717, 1.165) is 0 Å². The van der Waals surface area contributed by atoms with Gasteiger partial charge in [-0.3, -0.25) is 9.48 Å². The van der Waals surface area contributed by atoms with Gasteiger partial charge < -0.3 is 10.1 Å². The molecule has 1 amide bonds. The minimum atomic E-state index is -0.246. The van der Waals surface area contributed by atoms with Crippen molar-refractivity contribution in [1.29, 1.82) is 0 Å². The summed E-state index contributed by atoms with van der Waals surface area (Å²) in [6.45, 7) is 3.96. The number of amides is 1. The van der Waals surface area contributed by atoms with E-state index in [2.05, 4.69) is 10.4 Å². The highest BCUT2D eigenvalue weighted by molar-refractivity contribution is 6.30. The number of ether oxygens (including phenoxy) is 1. The molecule has 1 aromatic heterocycles. The molecule has 0 unspecified atom stereocenters. The summed E-state index contributed by atoms with van der Waals surface area (Å²) in [5.74, 6) is 0.324. The number of anilines is 1. The lowest BCUT2D eigenvalue weighted by Crippen LogP contribution is -2.19. The van der Waals surface area contributed by atoms with Crippen molar-refractivity contribution < 1.29 is 9.53 Å². The normalized spacial score (nSPS) is 10.6. The fraction of sp³-hybridized carbons (Fsp3) is 0.286. The SMILES string of the molecule is CC(C)n1cc(OCC(=O)Nc2cccc(Cl)c2)cn1. The number of carbonyl (C=O) groups excluding carboxylic acids is 1. The molecule has 20 heavy (non-hydrogen) atoms. The number of rotatable bonds is 5. The van der Waals surface area contributed by atoms with Gasteiger partial charge in [-0.1, -0.05) is 17.7 Å². The molecule has 1 aromatic carbocycles. The molecule has 0 radical (unpaired) electrons. The van der Waals surface area contributed by atoms with Gasteiger partial charge in [-0.15, -0.1) is 0 Å². The molecule has 2 rings (SSSR count). The number of nitrogens with one attached hydrogen (secondary N) is 1. The lowest BCUT2D eigenvalue weighted by atomic mass is 10.3. The van der Waals surface area contributed by atoms with Gasteiger partial charge in [0.05, 0.1) is 12.4 Å². The van der Waals surface area contributed by atoms with Gasteiger partial charge in [-0.2, -0.15) is 5.10 Å². The molecule has 5 nitrogen and oxygen atoms in total. The van der Waals surface area contributed by atoms with Crippen LogP contribution in [0.5, 0.6) is 5.75 Å². The average molecular weight is 294 g/mol. The van der Waals surface area contributed by atoms with Crippen LogP contribution in [0, 0.1) is 0 Å². The van der Waals surface area contributed by atoms with Crippen molar-refractivity contribution >= 4 is 23.2 Å². The monoisotopic (exact) mass is 293 g/mol. The fourth-order valence-corrected chi connectivity index (χ4v) is 1.78. The highest BCUT2D eigenvalue weighted by Gasteiger charge is 2.06. The molecular weight excluding hydrogens is 278 g/mol. The Labute approximate surface area is 122 Å². The van der Waals surface area contributed by atoms with Crippen LogP contribution in [0.3, 0.4) is 0 Å². The Bertz CT molecular complexity index is 596. The highest BCUT2D eigenvalue weighted by Crippen LogP contribution is 2.15. The third-order valence-corrected chi connectivity index (χ3v) is 2.82. The number of hydrogen-bond donors (Lipinski definition) is 1. The summed E-state index contributed by atoms with van der Waals surface area (Å²) in [7, 11) is 0. The Kier molecular flexibility index (Phi) is 4.63. The maximum absolute atomic E-state index is 11.7. The second kappa shape index (κ2) is 6.43. The molecule has 1 heterocycles. The van der Waals surface area contributed by atoms with Gasteiger partial charge in [-0.05, 0) is 32.0 Å². The van der Waals surface area contributed by atoms with Crippen LogP contribution >= 0.6 is 11.6 Å². The molecule has 0 bridgehead atoms. The molecule has 106 valence electrons. The summed E-state index contributed by atoms with van der Waals surface area (Å²) in [6, 6.07) is 7.21. The van der Waals surface area contributed by atoms with E-state index in [4.69, 9.17) is 16.3 Å². The second-order valence-corrected chi connectivity index (χ2v) is 5.03. The zero-order valence-electron chi connectivity index (χ0n) is 11.3. The summed E-state index contributed by atoms with van der Waals surface area (Å²) in [4.78, 5) is 11.7. The Hall–Kier alpha value is -2.01. The van der Waals surface area contributed by atoms with Gasteiger partial charge >= 0.3 is 0 Å². The first kappa shape index (κ1) is 14.4. The van der Waals surface area contributed by atoms with Crippen molar-refractivity contribution in [3.8, 4) is 5.75 Å². The number of hydrogen-bond acceptors (Lipinski definition) is 3. The van der Waals surface area contributed by atoms with E-state index in [1.165, 1.54) is 0 Å². The zero-order valence-corrected chi connectivity index (χ0v) is 12.1. The molecule has 0 fully saturated rings. The van der Waals surface area contributed by atoms with Crippen LogP contribution < -0.4 is 10.1 Å². The molecule has 6 heteroatoms. The summed E-state index contributed by atoms with van der Waals surface area (Å²) in [5.41, 5.74) is 0.643. The summed E-state index contributed by atoms with van der Waals surface area (Å²) < 4.78 is 7.14. The van der Waals surface area contributed by atoms with Crippen molar-refractivity contribution in [2.75, 3.05) is 11.9 Å². The van der Waals surface area contributed by atoms with E-state index in [-0.39, 0.29) is 18.6 Å². The number of halogens is 1. The van der Waals surface area contributed by atoms with Crippen molar-refractivity contribution in [3.05, 3.63) is 41.7 Å². The van der Waals surface area contributed by atoms with Crippen LogP contribution in [0.4, 0.5) is 5.69 Å². The molecule has 1 N–H and O–H groups in total. The molecule has 2 aromatic rings. The van der Waals surface area contributed by atoms with Gasteiger partial charge in [0.2, 0.25) is 0 Å². The Morgan fingerprint density at radius 1 is 1.50 bits per heavy atom. The molecule has 0 atom stereocenters. The standard InChI is InChI=1S/C14H16ClN3O2/c1-10(2)18-8-13(7-16-18)20-9-14(19)17-12-5-3-4-11(15)6-12/h3-8,10H,9H2,1-2H3,(H,17,19). The van der Waals surface area contributed by atoms with Gasteiger partial charge in [-0.25, -0.2) is 0 Å². The largest absolute Gasteiger partial charge is 0.480 e. The van der Waals surface area contributed by atoms with Crippen molar-refractivity contribution in [1.82, 2.24) is 9.78 Å². The number of benzene rings is 1. The Morgan fingerprint density at radius 3 is 2.95 bits per heavy atom. The van der Waals surface area contributed by atoms with Crippen LogP contribution in [-0.4, -0.2) is 22.3 Å². The predicted molar refractivity (Wildman–Crippen MR) is 78.2 cm³/mol. The van der Waals surface area contributed by atoms with Gasteiger partial charge in [0.25, 0.3) is 5.91 Å². The lowest BCUT2D eigenvalue weighted by Gasteiger charge is -2.06. The topological polar surface area (TPSA) is 56.1 Å². The van der Waals surface area contributed by atoms with E-state index >= 15 is 0 Å². The van der Waals surface area contributed by atoms with E-state index in [1.807, 2.05) is 13.8 Å². The van der Waals surface area contributed by atoms with E-state index in [1.54, 1.807) is 41.3 Å². The van der Waals surface area contributed by atoms with Crippen LogP contribution in [0.25, 0.3) is 0 Å². The molecule has 0 aliphatic rings. The summed E-state index contributed by atoms with van der Waals surface area (Å²) >= 11 is 5.84. The Morgan fingerprint density at radius 2 is 2.30 bits per heavy atom. The molecule has 0 aliphatic heterocycles. The third kappa shape index (κ3) is 3.99. The zero-order chi connectivity index (χ0) is 14.5. The maximum atomic E-state index is 11.7. The lowest BCUT2D eigenvalue weighted by molar-refractivity contribution is -0.118. The molecule has 0 spiro atoms. The number of carbonyl (C=O) groups is 1. The fourth-order valence-electron chi connectivity index (χ4n) is 1.59. The smallest absolute Gasteiger partial charge is 0.262 e. The van der Waals surface area contributed by atoms with Crippen molar-refractivity contribution in [2.24, 2.45) is 0 Å². The first-order valence-electron chi connectivity index (χ1n) is 6.27. The predicted octanol–water partition coefficient (Wildman–Crippen LogP) is 3.13.